The molecule has 0 aliphatic heterocycles. The maximum Gasteiger partial charge on any atom is 0.127 e. The Labute approximate surface area is 119 Å². The number of hydrogen-bond donors (Lipinski definition) is 1. The van der Waals surface area contributed by atoms with E-state index in [9.17, 15) is 5.11 Å². The van der Waals surface area contributed by atoms with E-state index in [-0.39, 0.29) is 0 Å². The molecular formula is C17H20N2O. The molecule has 1 heterocycles. The summed E-state index contributed by atoms with van der Waals surface area (Å²) >= 11 is 0. The minimum atomic E-state index is 0.398. The monoisotopic (exact) mass is 268 g/mol. The van der Waals surface area contributed by atoms with Crippen LogP contribution in [0.15, 0.2) is 47.8 Å². The Bertz CT molecular complexity index is 581. The van der Waals surface area contributed by atoms with Gasteiger partial charge in [0.1, 0.15) is 5.75 Å². The van der Waals surface area contributed by atoms with Crippen LogP contribution in [0.25, 0.3) is 0 Å². The Morgan fingerprint density at radius 2 is 1.80 bits per heavy atom. The quantitative estimate of drug-likeness (QED) is 0.835. The summed E-state index contributed by atoms with van der Waals surface area (Å²) in [7, 11) is 0. The molecule has 1 saturated carbocycles. The number of phenolic OH excluding ortho intramolecular Hbond substituents is 1. The highest BCUT2D eigenvalue weighted by Gasteiger charge is 2.19. The van der Waals surface area contributed by atoms with Gasteiger partial charge in [-0.15, -0.1) is 0 Å². The molecule has 0 atom stereocenters. The lowest BCUT2D eigenvalue weighted by Gasteiger charge is -2.23. The fourth-order valence-corrected chi connectivity index (χ4v) is 2.96. The van der Waals surface area contributed by atoms with Crippen LogP contribution in [0, 0.1) is 0 Å². The van der Waals surface area contributed by atoms with Crippen LogP contribution in [0.2, 0.25) is 0 Å². The van der Waals surface area contributed by atoms with E-state index in [1.807, 2.05) is 36.7 Å². The van der Waals surface area contributed by atoms with Crippen LogP contribution in [0.4, 0.5) is 0 Å². The van der Waals surface area contributed by atoms with Crippen LogP contribution in [0.1, 0.15) is 49.1 Å². The second kappa shape index (κ2) is 5.95. The lowest BCUT2D eigenvalue weighted by Crippen LogP contribution is -2.05. The molecule has 0 amide bonds. The smallest absolute Gasteiger partial charge is 0.127 e. The number of aromatic hydroxyl groups is 1. The van der Waals surface area contributed by atoms with Crippen molar-refractivity contribution < 1.29 is 5.11 Å². The minimum Gasteiger partial charge on any atom is -0.507 e. The number of nitrogens with zero attached hydrogens (tertiary/aromatic N) is 2. The highest BCUT2D eigenvalue weighted by Crippen LogP contribution is 2.37. The number of hydrogen-bond acceptors (Lipinski definition) is 2. The minimum absolute atomic E-state index is 0.398. The molecule has 1 aromatic carbocycles. The third kappa shape index (κ3) is 2.77. The average Bonchev–Trinajstić information content (AvgIpc) is 3.00. The first-order valence-electron chi connectivity index (χ1n) is 7.34. The van der Waals surface area contributed by atoms with Gasteiger partial charge in [-0.25, -0.2) is 4.68 Å². The van der Waals surface area contributed by atoms with E-state index in [4.69, 9.17) is 0 Å². The maximum atomic E-state index is 10.5. The molecule has 0 bridgehead atoms. The Kier molecular flexibility index (Phi) is 3.86. The van der Waals surface area contributed by atoms with Crippen molar-refractivity contribution in [3.8, 4) is 5.75 Å². The van der Waals surface area contributed by atoms with E-state index in [1.54, 1.807) is 10.9 Å². The number of para-hydroxylation sites is 1. The van der Waals surface area contributed by atoms with Gasteiger partial charge in [-0.2, -0.15) is 5.10 Å². The fourth-order valence-electron chi connectivity index (χ4n) is 2.96. The van der Waals surface area contributed by atoms with Crippen molar-refractivity contribution in [3.63, 3.8) is 0 Å². The van der Waals surface area contributed by atoms with Crippen LogP contribution in [0.3, 0.4) is 0 Å². The molecule has 0 radical (unpaired) electrons. The molecule has 3 nitrogen and oxygen atoms in total. The second-order valence-corrected chi connectivity index (χ2v) is 5.43. The molecule has 2 aromatic rings. The van der Waals surface area contributed by atoms with Gasteiger partial charge in [0.05, 0.1) is 6.21 Å². The van der Waals surface area contributed by atoms with Crippen molar-refractivity contribution in [3.05, 3.63) is 53.9 Å². The van der Waals surface area contributed by atoms with Crippen molar-refractivity contribution in [2.75, 3.05) is 0 Å². The lowest BCUT2D eigenvalue weighted by molar-refractivity contribution is 0.414. The molecule has 3 heteroatoms. The van der Waals surface area contributed by atoms with Gasteiger partial charge in [-0.05, 0) is 42.5 Å². The fraction of sp³-hybridized carbons (Fsp3) is 0.353. The molecule has 0 saturated heterocycles. The highest BCUT2D eigenvalue weighted by atomic mass is 16.3. The van der Waals surface area contributed by atoms with Gasteiger partial charge < -0.3 is 5.11 Å². The second-order valence-electron chi connectivity index (χ2n) is 5.43. The van der Waals surface area contributed by atoms with E-state index in [2.05, 4.69) is 11.2 Å². The van der Waals surface area contributed by atoms with Crippen LogP contribution in [-0.2, 0) is 0 Å². The number of aromatic nitrogens is 1. The molecule has 1 N–H and O–H groups in total. The lowest BCUT2D eigenvalue weighted by atomic mass is 9.83. The molecule has 3 rings (SSSR count). The molecule has 1 aliphatic carbocycles. The van der Waals surface area contributed by atoms with Crippen molar-refractivity contribution in [1.29, 1.82) is 0 Å². The van der Waals surface area contributed by atoms with Gasteiger partial charge in [0.15, 0.2) is 0 Å². The highest BCUT2D eigenvalue weighted by molar-refractivity contribution is 5.84. The van der Waals surface area contributed by atoms with Crippen LogP contribution in [-0.4, -0.2) is 16.0 Å². The van der Waals surface area contributed by atoms with E-state index in [0.29, 0.717) is 11.7 Å². The zero-order chi connectivity index (χ0) is 13.8. The molecule has 1 fully saturated rings. The van der Waals surface area contributed by atoms with Crippen molar-refractivity contribution in [2.45, 2.75) is 38.0 Å². The Balaban J connectivity index is 1.85. The predicted octanol–water partition coefficient (Wildman–Crippen LogP) is 4.12. The van der Waals surface area contributed by atoms with Crippen molar-refractivity contribution >= 4 is 6.21 Å². The molecule has 104 valence electrons. The molecule has 20 heavy (non-hydrogen) atoms. The summed E-state index contributed by atoms with van der Waals surface area (Å²) in [6, 6.07) is 9.83. The number of phenols is 1. The zero-order valence-corrected chi connectivity index (χ0v) is 11.6. The van der Waals surface area contributed by atoms with Crippen molar-refractivity contribution in [2.24, 2.45) is 5.10 Å². The summed E-state index contributed by atoms with van der Waals surface area (Å²) in [6.07, 6.45) is 11.7. The molecule has 1 aliphatic rings. The topological polar surface area (TPSA) is 37.5 Å². The summed E-state index contributed by atoms with van der Waals surface area (Å²) in [4.78, 5) is 0. The molecular weight excluding hydrogens is 248 g/mol. The van der Waals surface area contributed by atoms with Gasteiger partial charge in [-0.1, -0.05) is 31.4 Å². The van der Waals surface area contributed by atoms with E-state index >= 15 is 0 Å². The summed E-state index contributed by atoms with van der Waals surface area (Å²) in [6.45, 7) is 0. The number of benzene rings is 1. The van der Waals surface area contributed by atoms with Gasteiger partial charge in [0.2, 0.25) is 0 Å². The van der Waals surface area contributed by atoms with E-state index in [1.165, 1.54) is 32.1 Å². The number of rotatable bonds is 3. The summed E-state index contributed by atoms with van der Waals surface area (Å²) in [5, 5.41) is 14.8. The summed E-state index contributed by atoms with van der Waals surface area (Å²) < 4.78 is 1.73. The first kappa shape index (κ1) is 13.0. The predicted molar refractivity (Wildman–Crippen MR) is 81.4 cm³/mol. The van der Waals surface area contributed by atoms with Crippen LogP contribution < -0.4 is 0 Å². The van der Waals surface area contributed by atoms with E-state index < -0.39 is 0 Å². The summed E-state index contributed by atoms with van der Waals surface area (Å²) in [5.74, 6) is 0.902. The largest absolute Gasteiger partial charge is 0.507 e. The first-order chi connectivity index (χ1) is 9.84. The summed E-state index contributed by atoms with van der Waals surface area (Å²) in [5.41, 5.74) is 1.88. The van der Waals surface area contributed by atoms with Crippen molar-refractivity contribution in [1.82, 2.24) is 4.68 Å². The molecule has 0 spiro atoms. The van der Waals surface area contributed by atoms with Crippen LogP contribution >= 0.6 is 0 Å². The third-order valence-electron chi connectivity index (χ3n) is 4.06. The van der Waals surface area contributed by atoms with Gasteiger partial charge in [-0.3, -0.25) is 0 Å². The normalized spacial score (nSPS) is 16.8. The van der Waals surface area contributed by atoms with Gasteiger partial charge in [0, 0.05) is 18.0 Å². The Morgan fingerprint density at radius 3 is 2.55 bits per heavy atom. The standard InChI is InChI=1S/C17H20N2O/c20-17-15(13-18-19-11-4-5-12-19)9-6-10-16(17)14-7-2-1-3-8-14/h4-6,9-14,20H,1-3,7-8H2/b18-13+. The van der Waals surface area contributed by atoms with Gasteiger partial charge >= 0.3 is 0 Å². The molecule has 1 aromatic heterocycles. The Morgan fingerprint density at radius 1 is 1.05 bits per heavy atom. The van der Waals surface area contributed by atoms with Gasteiger partial charge in [0.25, 0.3) is 0 Å². The Hall–Kier alpha value is -2.03. The SMILES string of the molecule is Oc1c(/C=N/n2cccc2)cccc1C1CCCCC1. The third-order valence-corrected chi connectivity index (χ3v) is 4.06. The maximum absolute atomic E-state index is 10.5. The average molecular weight is 268 g/mol. The zero-order valence-electron chi connectivity index (χ0n) is 11.6. The molecule has 0 unspecified atom stereocenters. The van der Waals surface area contributed by atoms with E-state index in [0.717, 1.165) is 11.1 Å². The first-order valence-corrected chi connectivity index (χ1v) is 7.34. The van der Waals surface area contributed by atoms with Crippen LogP contribution in [0.5, 0.6) is 5.75 Å².